The fourth-order valence-electron chi connectivity index (χ4n) is 2.95. The summed E-state index contributed by atoms with van der Waals surface area (Å²) in [4.78, 5) is 10.4. The molecule has 2 aromatic rings. The van der Waals surface area contributed by atoms with Gasteiger partial charge in [-0.1, -0.05) is 42.5 Å². The van der Waals surface area contributed by atoms with E-state index in [1.807, 2.05) is 24.3 Å². The lowest BCUT2D eigenvalue weighted by Gasteiger charge is -2.14. The molecular weight excluding hydrogens is 316 g/mol. The fraction of sp³-hybridized carbons (Fsp3) is 0.250. The lowest BCUT2D eigenvalue weighted by Crippen LogP contribution is -2.28. The van der Waals surface area contributed by atoms with E-state index in [0.717, 1.165) is 17.5 Å². The molecule has 0 fully saturated rings. The lowest BCUT2D eigenvalue weighted by molar-refractivity contribution is -0.385. The quantitative estimate of drug-likeness (QED) is 0.673. The van der Waals surface area contributed by atoms with Crippen LogP contribution in [0.3, 0.4) is 0 Å². The molecule has 120 valence electrons. The molecule has 1 aliphatic carbocycles. The van der Waals surface area contributed by atoms with Crippen molar-refractivity contribution < 1.29 is 13.3 Å². The maximum Gasteiger partial charge on any atom is 0.273 e. The Morgan fingerprint density at radius 1 is 1.13 bits per heavy atom. The highest BCUT2D eigenvalue weighted by atomic mass is 32.2. The van der Waals surface area contributed by atoms with Crippen LogP contribution in [0.4, 0.5) is 5.69 Å². The summed E-state index contributed by atoms with van der Waals surface area (Å²) in [6.07, 6.45) is 1.53. The summed E-state index contributed by atoms with van der Waals surface area (Å²) >= 11 is 0. The Bertz CT molecular complexity index is 849. The number of hydrogen-bond donors (Lipinski definition) is 1. The van der Waals surface area contributed by atoms with Gasteiger partial charge < -0.3 is 0 Å². The summed E-state index contributed by atoms with van der Waals surface area (Å²) < 4.78 is 27.5. The minimum Gasteiger partial charge on any atom is -0.258 e. The zero-order valence-corrected chi connectivity index (χ0v) is 13.1. The standard InChI is InChI=1S/C16H16N2O4S/c19-18(20)16-8-4-2-6-13(16)11-23(21,22)17-15-10-9-12-5-1-3-7-14(12)15/h1-8,15,17H,9-11H2. The maximum absolute atomic E-state index is 12.4. The predicted octanol–water partition coefficient (Wildman–Crippen LogP) is 2.70. The van der Waals surface area contributed by atoms with Crippen LogP contribution in [0, 0.1) is 10.1 Å². The van der Waals surface area contributed by atoms with Gasteiger partial charge in [-0.05, 0) is 24.0 Å². The molecule has 0 heterocycles. The third kappa shape index (κ3) is 3.40. The molecule has 0 amide bonds. The highest BCUT2D eigenvalue weighted by Crippen LogP contribution is 2.31. The monoisotopic (exact) mass is 332 g/mol. The molecule has 3 rings (SSSR count). The zero-order chi connectivity index (χ0) is 16.4. The molecular formula is C16H16N2O4S. The number of para-hydroxylation sites is 1. The van der Waals surface area contributed by atoms with Crippen molar-refractivity contribution in [1.29, 1.82) is 0 Å². The van der Waals surface area contributed by atoms with Crippen molar-refractivity contribution >= 4 is 15.7 Å². The van der Waals surface area contributed by atoms with Gasteiger partial charge in [0.05, 0.1) is 10.7 Å². The van der Waals surface area contributed by atoms with Gasteiger partial charge in [0.25, 0.3) is 5.69 Å². The van der Waals surface area contributed by atoms with Crippen LogP contribution in [0.25, 0.3) is 0 Å². The van der Waals surface area contributed by atoms with Gasteiger partial charge in [-0.3, -0.25) is 10.1 Å². The van der Waals surface area contributed by atoms with Crippen LogP contribution in [0.5, 0.6) is 0 Å². The van der Waals surface area contributed by atoms with Gasteiger partial charge in [0, 0.05) is 17.7 Å². The SMILES string of the molecule is O=[N+]([O-])c1ccccc1CS(=O)(=O)NC1CCc2ccccc21. The smallest absolute Gasteiger partial charge is 0.258 e. The van der Waals surface area contributed by atoms with E-state index in [9.17, 15) is 18.5 Å². The van der Waals surface area contributed by atoms with E-state index in [0.29, 0.717) is 6.42 Å². The second-order valence-corrected chi connectivity index (χ2v) is 7.31. The minimum absolute atomic E-state index is 0.176. The Labute approximate surface area is 134 Å². The first-order chi connectivity index (χ1) is 11.0. The molecule has 1 atom stereocenters. The summed E-state index contributed by atoms with van der Waals surface area (Å²) in [7, 11) is -3.67. The molecule has 1 unspecified atom stereocenters. The molecule has 2 aromatic carbocycles. The summed E-state index contributed by atoms with van der Waals surface area (Å²) in [6, 6.07) is 13.4. The van der Waals surface area contributed by atoms with E-state index in [1.54, 1.807) is 6.07 Å². The Morgan fingerprint density at radius 2 is 1.83 bits per heavy atom. The van der Waals surface area contributed by atoms with Gasteiger partial charge >= 0.3 is 0 Å². The van der Waals surface area contributed by atoms with E-state index in [2.05, 4.69) is 4.72 Å². The number of nitrogens with one attached hydrogen (secondary N) is 1. The van der Waals surface area contributed by atoms with E-state index < -0.39 is 20.7 Å². The second kappa shape index (κ2) is 6.10. The van der Waals surface area contributed by atoms with E-state index in [4.69, 9.17) is 0 Å². The first-order valence-electron chi connectivity index (χ1n) is 7.26. The molecule has 0 aromatic heterocycles. The molecule has 0 aliphatic heterocycles. The van der Waals surface area contributed by atoms with E-state index in [1.165, 1.54) is 18.2 Å². The van der Waals surface area contributed by atoms with Crippen LogP contribution in [0.15, 0.2) is 48.5 Å². The summed E-state index contributed by atoms with van der Waals surface area (Å²) in [5.74, 6) is -0.400. The van der Waals surface area contributed by atoms with Gasteiger partial charge in [-0.2, -0.15) is 0 Å². The second-order valence-electron chi connectivity index (χ2n) is 5.55. The van der Waals surface area contributed by atoms with Crippen molar-refractivity contribution in [3.63, 3.8) is 0 Å². The lowest BCUT2D eigenvalue weighted by atomic mass is 10.1. The highest BCUT2D eigenvalue weighted by Gasteiger charge is 2.27. The van der Waals surface area contributed by atoms with Crippen molar-refractivity contribution in [2.24, 2.45) is 0 Å². The maximum atomic E-state index is 12.4. The van der Waals surface area contributed by atoms with Crippen molar-refractivity contribution in [2.75, 3.05) is 0 Å². The van der Waals surface area contributed by atoms with E-state index in [-0.39, 0.29) is 17.3 Å². The number of nitrogens with zero attached hydrogens (tertiary/aromatic N) is 1. The van der Waals surface area contributed by atoms with Crippen molar-refractivity contribution in [3.05, 3.63) is 75.3 Å². The van der Waals surface area contributed by atoms with Crippen LogP contribution in [-0.4, -0.2) is 13.3 Å². The third-order valence-corrected chi connectivity index (χ3v) is 5.32. The van der Waals surface area contributed by atoms with Crippen LogP contribution >= 0.6 is 0 Å². The Kier molecular flexibility index (Phi) is 4.14. The topological polar surface area (TPSA) is 89.3 Å². The number of fused-ring (bicyclic) bond motifs is 1. The van der Waals surface area contributed by atoms with Crippen LogP contribution in [0.2, 0.25) is 0 Å². The number of nitro benzene ring substituents is 1. The van der Waals surface area contributed by atoms with Gasteiger partial charge in [-0.25, -0.2) is 13.1 Å². The minimum atomic E-state index is -3.67. The van der Waals surface area contributed by atoms with Crippen LogP contribution < -0.4 is 4.72 Å². The molecule has 0 spiro atoms. The van der Waals surface area contributed by atoms with Gasteiger partial charge in [0.2, 0.25) is 10.0 Å². The first kappa shape index (κ1) is 15.6. The van der Waals surface area contributed by atoms with E-state index >= 15 is 0 Å². The predicted molar refractivity (Wildman–Crippen MR) is 86.4 cm³/mol. The van der Waals surface area contributed by atoms with Crippen LogP contribution in [0.1, 0.15) is 29.2 Å². The van der Waals surface area contributed by atoms with Crippen molar-refractivity contribution in [2.45, 2.75) is 24.6 Å². The molecule has 0 saturated heterocycles. The number of hydrogen-bond acceptors (Lipinski definition) is 4. The molecule has 0 bridgehead atoms. The third-order valence-electron chi connectivity index (χ3n) is 3.99. The number of nitro groups is 1. The average Bonchev–Trinajstić information content (AvgIpc) is 2.90. The van der Waals surface area contributed by atoms with Crippen molar-refractivity contribution in [1.82, 2.24) is 4.72 Å². The number of aryl methyl sites for hydroxylation is 1. The molecule has 0 saturated carbocycles. The van der Waals surface area contributed by atoms with Gasteiger partial charge in [-0.15, -0.1) is 0 Å². The Hall–Kier alpha value is -2.25. The molecule has 0 radical (unpaired) electrons. The number of sulfonamides is 1. The highest BCUT2D eigenvalue weighted by molar-refractivity contribution is 7.88. The fourth-order valence-corrected chi connectivity index (χ4v) is 4.37. The van der Waals surface area contributed by atoms with Gasteiger partial charge in [0.1, 0.15) is 0 Å². The zero-order valence-electron chi connectivity index (χ0n) is 12.3. The Morgan fingerprint density at radius 3 is 2.61 bits per heavy atom. The number of rotatable bonds is 5. The normalized spacial score (nSPS) is 17.0. The van der Waals surface area contributed by atoms with Gasteiger partial charge in [0.15, 0.2) is 0 Å². The molecule has 1 N–H and O–H groups in total. The molecule has 6 nitrogen and oxygen atoms in total. The molecule has 1 aliphatic rings. The Balaban J connectivity index is 1.80. The van der Waals surface area contributed by atoms with Crippen molar-refractivity contribution in [3.8, 4) is 0 Å². The molecule has 7 heteroatoms. The summed E-state index contributed by atoms with van der Waals surface area (Å²) in [5.41, 5.74) is 2.14. The largest absolute Gasteiger partial charge is 0.273 e. The first-order valence-corrected chi connectivity index (χ1v) is 8.91. The number of benzene rings is 2. The average molecular weight is 332 g/mol. The molecule has 23 heavy (non-hydrogen) atoms. The summed E-state index contributed by atoms with van der Waals surface area (Å²) in [5, 5.41) is 11.0. The van der Waals surface area contributed by atoms with Crippen LogP contribution in [-0.2, 0) is 22.2 Å². The summed E-state index contributed by atoms with van der Waals surface area (Å²) in [6.45, 7) is 0.